The van der Waals surface area contributed by atoms with Crippen molar-refractivity contribution in [1.29, 1.82) is 0 Å². The number of anilines is 1. The van der Waals surface area contributed by atoms with Crippen molar-refractivity contribution in [1.82, 2.24) is 9.88 Å². The van der Waals surface area contributed by atoms with E-state index in [-0.39, 0.29) is 24.8 Å². The van der Waals surface area contributed by atoms with E-state index < -0.39 is 28.8 Å². The highest BCUT2D eigenvalue weighted by Gasteiger charge is 2.51. The van der Waals surface area contributed by atoms with Crippen LogP contribution in [0.25, 0.3) is 0 Å². The fourth-order valence-electron chi connectivity index (χ4n) is 3.77. The summed E-state index contributed by atoms with van der Waals surface area (Å²) in [5, 5.41) is 0. The van der Waals surface area contributed by atoms with Crippen LogP contribution < -0.4 is 4.90 Å². The minimum absolute atomic E-state index is 0.00825. The first-order valence-electron chi connectivity index (χ1n) is 9.24. The quantitative estimate of drug-likeness (QED) is 0.720. The number of aromatic nitrogens is 1. The fraction of sp³-hybridized carbons (Fsp3) is 0.632. The molecular weight excluding hydrogens is 375 g/mol. The van der Waals surface area contributed by atoms with E-state index >= 15 is 0 Å². The number of rotatable bonds is 1. The van der Waals surface area contributed by atoms with Crippen LogP contribution in [0.5, 0.6) is 0 Å². The van der Waals surface area contributed by atoms with Gasteiger partial charge in [-0.3, -0.25) is 9.69 Å². The Labute approximate surface area is 161 Å². The van der Waals surface area contributed by atoms with E-state index in [2.05, 4.69) is 4.98 Å². The largest absolute Gasteiger partial charge is 0.444 e. The van der Waals surface area contributed by atoms with Gasteiger partial charge in [0.2, 0.25) is 5.91 Å². The van der Waals surface area contributed by atoms with Crippen LogP contribution >= 0.6 is 0 Å². The van der Waals surface area contributed by atoms with Crippen molar-refractivity contribution in [2.75, 3.05) is 24.5 Å². The van der Waals surface area contributed by atoms with E-state index in [1.54, 1.807) is 20.8 Å². The van der Waals surface area contributed by atoms with Crippen molar-refractivity contribution in [3.8, 4) is 0 Å². The van der Waals surface area contributed by atoms with Crippen molar-refractivity contribution in [3.63, 3.8) is 0 Å². The highest BCUT2D eigenvalue weighted by atomic mass is 19.4. The standard InChI is InChI=1S/C19H24F3N3O3/c1-17(2,3)28-16(27)24-9-4-6-18(12-24)7-10-25(15(18)26)14-11-13(5-8-23-14)19(20,21)22/h5,8,11H,4,6-7,9-10,12H2,1-3H3. The van der Waals surface area contributed by atoms with Crippen LogP contribution in [0.2, 0.25) is 0 Å². The van der Waals surface area contributed by atoms with E-state index in [1.807, 2.05) is 0 Å². The number of hydrogen-bond acceptors (Lipinski definition) is 4. The summed E-state index contributed by atoms with van der Waals surface area (Å²) in [6, 6.07) is 1.77. The van der Waals surface area contributed by atoms with Crippen LogP contribution in [-0.2, 0) is 15.7 Å². The molecule has 2 amide bonds. The molecular formula is C19H24F3N3O3. The first-order chi connectivity index (χ1) is 12.9. The third-order valence-electron chi connectivity index (χ3n) is 5.09. The SMILES string of the molecule is CC(C)(C)OC(=O)N1CCCC2(CCN(c3cc(C(F)(F)F)ccn3)C2=O)C1. The Morgan fingerprint density at radius 3 is 2.57 bits per heavy atom. The lowest BCUT2D eigenvalue weighted by molar-refractivity contribution is -0.137. The van der Waals surface area contributed by atoms with Gasteiger partial charge >= 0.3 is 12.3 Å². The van der Waals surface area contributed by atoms with Gasteiger partial charge < -0.3 is 9.64 Å². The zero-order chi connectivity index (χ0) is 20.7. The molecule has 0 saturated carbocycles. The summed E-state index contributed by atoms with van der Waals surface area (Å²) in [5.74, 6) is -0.293. The van der Waals surface area contributed by atoms with Gasteiger partial charge in [-0.05, 0) is 52.2 Å². The smallest absolute Gasteiger partial charge is 0.416 e. The number of likely N-dealkylation sites (tertiary alicyclic amines) is 1. The van der Waals surface area contributed by atoms with Crippen molar-refractivity contribution in [2.24, 2.45) is 5.41 Å². The number of nitrogens with zero attached hydrogens (tertiary/aromatic N) is 3. The number of ether oxygens (including phenoxy) is 1. The number of amides is 2. The van der Waals surface area contributed by atoms with E-state index in [9.17, 15) is 22.8 Å². The molecule has 0 aromatic carbocycles. The Morgan fingerprint density at radius 2 is 1.93 bits per heavy atom. The van der Waals surface area contributed by atoms with Crippen molar-refractivity contribution < 1.29 is 27.5 Å². The number of halogens is 3. The minimum atomic E-state index is -4.50. The van der Waals surface area contributed by atoms with E-state index in [0.29, 0.717) is 25.8 Å². The molecule has 0 bridgehead atoms. The van der Waals surface area contributed by atoms with Crippen molar-refractivity contribution >= 4 is 17.8 Å². The summed E-state index contributed by atoms with van der Waals surface area (Å²) >= 11 is 0. The summed E-state index contributed by atoms with van der Waals surface area (Å²) < 4.78 is 44.4. The predicted molar refractivity (Wildman–Crippen MR) is 95.7 cm³/mol. The zero-order valence-corrected chi connectivity index (χ0v) is 16.2. The summed E-state index contributed by atoms with van der Waals surface area (Å²) in [5.41, 5.74) is -2.29. The summed E-state index contributed by atoms with van der Waals surface area (Å²) in [6.07, 6.45) is -2.24. The van der Waals surface area contributed by atoms with Crippen LogP contribution in [-0.4, -0.2) is 47.1 Å². The van der Waals surface area contributed by atoms with Crippen LogP contribution in [0.1, 0.15) is 45.6 Å². The monoisotopic (exact) mass is 399 g/mol. The molecule has 6 nitrogen and oxygen atoms in total. The molecule has 0 N–H and O–H groups in total. The van der Waals surface area contributed by atoms with Crippen molar-refractivity contribution in [2.45, 2.75) is 51.8 Å². The third-order valence-corrected chi connectivity index (χ3v) is 5.09. The van der Waals surface area contributed by atoms with E-state index in [4.69, 9.17) is 4.74 Å². The minimum Gasteiger partial charge on any atom is -0.444 e. The second kappa shape index (κ2) is 6.93. The molecule has 0 aliphatic carbocycles. The lowest BCUT2D eigenvalue weighted by atomic mass is 9.78. The molecule has 154 valence electrons. The van der Waals surface area contributed by atoms with Crippen LogP contribution in [0, 0.1) is 5.41 Å². The molecule has 2 saturated heterocycles. The summed E-state index contributed by atoms with van der Waals surface area (Å²) in [4.78, 5) is 32.3. The van der Waals surface area contributed by atoms with Gasteiger partial charge in [0.1, 0.15) is 11.4 Å². The van der Waals surface area contributed by atoms with Gasteiger partial charge in [0.05, 0.1) is 11.0 Å². The molecule has 2 aliphatic heterocycles. The highest BCUT2D eigenvalue weighted by Crippen LogP contribution is 2.42. The van der Waals surface area contributed by atoms with Gasteiger partial charge in [-0.2, -0.15) is 13.2 Å². The molecule has 3 rings (SSSR count). The molecule has 1 atom stereocenters. The topological polar surface area (TPSA) is 62.7 Å². The van der Waals surface area contributed by atoms with Crippen LogP contribution in [0.4, 0.5) is 23.8 Å². The second-order valence-electron chi connectivity index (χ2n) is 8.39. The molecule has 9 heteroatoms. The number of piperidine rings is 1. The number of alkyl halides is 3. The van der Waals surface area contributed by atoms with Gasteiger partial charge in [-0.1, -0.05) is 0 Å². The Hall–Kier alpha value is -2.32. The third kappa shape index (κ3) is 4.07. The van der Waals surface area contributed by atoms with Gasteiger partial charge in [-0.25, -0.2) is 9.78 Å². The first-order valence-corrected chi connectivity index (χ1v) is 9.24. The lowest BCUT2D eigenvalue weighted by Crippen LogP contribution is -2.51. The Balaban J connectivity index is 1.78. The first kappa shape index (κ1) is 20.4. The number of pyridine rings is 1. The maximum Gasteiger partial charge on any atom is 0.416 e. The van der Waals surface area contributed by atoms with Gasteiger partial charge in [0, 0.05) is 25.8 Å². The molecule has 28 heavy (non-hydrogen) atoms. The van der Waals surface area contributed by atoms with Crippen LogP contribution in [0.15, 0.2) is 18.3 Å². The van der Waals surface area contributed by atoms with Gasteiger partial charge in [0.25, 0.3) is 0 Å². The van der Waals surface area contributed by atoms with Crippen LogP contribution in [0.3, 0.4) is 0 Å². The predicted octanol–water partition coefficient (Wildman–Crippen LogP) is 3.85. The number of carbonyl (C=O) groups excluding carboxylic acids is 2. The van der Waals surface area contributed by atoms with Crippen molar-refractivity contribution in [3.05, 3.63) is 23.9 Å². The van der Waals surface area contributed by atoms with Gasteiger partial charge in [0.15, 0.2) is 0 Å². The molecule has 0 radical (unpaired) electrons. The Bertz CT molecular complexity index is 776. The Morgan fingerprint density at radius 1 is 1.21 bits per heavy atom. The highest BCUT2D eigenvalue weighted by molar-refractivity contribution is 5.99. The lowest BCUT2D eigenvalue weighted by Gasteiger charge is -2.39. The number of carbonyl (C=O) groups is 2. The normalized spacial score (nSPS) is 23.4. The van der Waals surface area contributed by atoms with E-state index in [1.165, 1.54) is 9.80 Å². The van der Waals surface area contributed by atoms with Gasteiger partial charge in [-0.15, -0.1) is 0 Å². The molecule has 1 unspecified atom stereocenters. The maximum absolute atomic E-state index is 13.1. The maximum atomic E-state index is 13.1. The molecule has 1 spiro atoms. The average Bonchev–Trinajstić information content (AvgIpc) is 2.89. The fourth-order valence-corrected chi connectivity index (χ4v) is 3.77. The summed E-state index contributed by atoms with van der Waals surface area (Å²) in [6.45, 7) is 6.28. The number of hydrogen-bond donors (Lipinski definition) is 0. The molecule has 2 aliphatic rings. The molecule has 1 aromatic heterocycles. The zero-order valence-electron chi connectivity index (χ0n) is 16.2. The Kier molecular flexibility index (Phi) is 5.05. The average molecular weight is 399 g/mol. The second-order valence-corrected chi connectivity index (χ2v) is 8.39. The summed E-state index contributed by atoms with van der Waals surface area (Å²) in [7, 11) is 0. The van der Waals surface area contributed by atoms with E-state index in [0.717, 1.165) is 18.3 Å². The molecule has 3 heterocycles. The molecule has 2 fully saturated rings. The molecule has 1 aromatic rings.